The van der Waals surface area contributed by atoms with Crippen LogP contribution in [-0.2, 0) is 9.53 Å². The van der Waals surface area contributed by atoms with E-state index in [0.29, 0.717) is 28.4 Å². The van der Waals surface area contributed by atoms with Gasteiger partial charge in [-0.05, 0) is 70.2 Å². The van der Waals surface area contributed by atoms with Crippen molar-refractivity contribution in [3.8, 4) is 5.75 Å². The Morgan fingerprint density at radius 3 is 2.34 bits per heavy atom. The molecule has 29 heavy (non-hydrogen) atoms. The summed E-state index contributed by atoms with van der Waals surface area (Å²) in [6.07, 6.45) is -1.13. The zero-order chi connectivity index (χ0) is 21.2. The molecule has 0 aromatic heterocycles. The second-order valence-electron chi connectivity index (χ2n) is 7.62. The van der Waals surface area contributed by atoms with E-state index >= 15 is 0 Å². The Hall–Kier alpha value is -3.55. The van der Waals surface area contributed by atoms with E-state index in [1.165, 1.54) is 0 Å². The minimum atomic E-state index is -0.596. The number of ether oxygens (including phenoxy) is 2. The zero-order valence-corrected chi connectivity index (χ0v) is 16.7. The monoisotopic (exact) mass is 397 g/mol. The van der Waals surface area contributed by atoms with Gasteiger partial charge in [-0.25, -0.2) is 4.79 Å². The Kier molecular flexibility index (Phi) is 5.45. The van der Waals surface area contributed by atoms with E-state index in [1.807, 2.05) is 0 Å². The van der Waals surface area contributed by atoms with Crippen molar-refractivity contribution in [3.05, 3.63) is 48.0 Å². The highest BCUT2D eigenvalue weighted by molar-refractivity contribution is 6.05. The number of carbonyl (C=O) groups excluding carboxylic acids is 3. The summed E-state index contributed by atoms with van der Waals surface area (Å²) in [5, 5.41) is 8.11. The summed E-state index contributed by atoms with van der Waals surface area (Å²) in [6, 6.07) is 11.4. The van der Waals surface area contributed by atoms with Crippen LogP contribution in [0.15, 0.2) is 42.5 Å². The van der Waals surface area contributed by atoms with Gasteiger partial charge in [0.25, 0.3) is 11.8 Å². The standard InChI is InChI=1S/C21H23N3O5/c1-12-18(25)24-16-11-15(9-10-17(16)28-12)22-19(26)13-5-7-14(8-6-13)23-20(27)29-21(2,3)4/h5-12H,1-4H3,(H,22,26)(H,23,27)(H,24,25)/t12-/m1/s1. The third kappa shape index (κ3) is 5.25. The molecule has 1 heterocycles. The molecule has 0 aliphatic carbocycles. The molecule has 1 aliphatic rings. The quantitative estimate of drug-likeness (QED) is 0.726. The second kappa shape index (κ2) is 7.83. The van der Waals surface area contributed by atoms with Crippen LogP contribution < -0.4 is 20.7 Å². The maximum absolute atomic E-state index is 12.5. The average Bonchev–Trinajstić information content (AvgIpc) is 2.62. The van der Waals surface area contributed by atoms with Gasteiger partial charge in [0, 0.05) is 16.9 Å². The largest absolute Gasteiger partial charge is 0.479 e. The van der Waals surface area contributed by atoms with Crippen LogP contribution in [-0.4, -0.2) is 29.6 Å². The molecule has 0 bridgehead atoms. The number of rotatable bonds is 3. The molecule has 0 radical (unpaired) electrons. The number of carbonyl (C=O) groups is 3. The molecular weight excluding hydrogens is 374 g/mol. The van der Waals surface area contributed by atoms with Crippen molar-refractivity contribution in [3.63, 3.8) is 0 Å². The lowest BCUT2D eigenvalue weighted by Crippen LogP contribution is -2.34. The summed E-state index contributed by atoms with van der Waals surface area (Å²) in [6.45, 7) is 6.99. The zero-order valence-electron chi connectivity index (χ0n) is 16.7. The van der Waals surface area contributed by atoms with E-state index in [9.17, 15) is 14.4 Å². The van der Waals surface area contributed by atoms with E-state index < -0.39 is 17.8 Å². The van der Waals surface area contributed by atoms with E-state index in [0.717, 1.165) is 0 Å². The van der Waals surface area contributed by atoms with Crippen LogP contribution >= 0.6 is 0 Å². The molecule has 0 spiro atoms. The number of benzene rings is 2. The number of amides is 3. The van der Waals surface area contributed by atoms with E-state index in [1.54, 1.807) is 70.2 Å². The van der Waals surface area contributed by atoms with Gasteiger partial charge in [0.15, 0.2) is 6.10 Å². The van der Waals surface area contributed by atoms with Gasteiger partial charge in [-0.2, -0.15) is 0 Å². The lowest BCUT2D eigenvalue weighted by atomic mass is 10.1. The Balaban J connectivity index is 1.63. The van der Waals surface area contributed by atoms with Crippen LogP contribution in [0.4, 0.5) is 21.9 Å². The van der Waals surface area contributed by atoms with Gasteiger partial charge in [0.2, 0.25) is 0 Å². The number of hydrogen-bond acceptors (Lipinski definition) is 5. The van der Waals surface area contributed by atoms with Crippen molar-refractivity contribution < 1.29 is 23.9 Å². The minimum Gasteiger partial charge on any atom is -0.479 e. The van der Waals surface area contributed by atoms with Crippen LogP contribution in [0.3, 0.4) is 0 Å². The highest BCUT2D eigenvalue weighted by Gasteiger charge is 2.23. The van der Waals surface area contributed by atoms with Crippen LogP contribution in [0.5, 0.6) is 5.75 Å². The van der Waals surface area contributed by atoms with Gasteiger partial charge in [-0.3, -0.25) is 14.9 Å². The highest BCUT2D eigenvalue weighted by Crippen LogP contribution is 2.32. The van der Waals surface area contributed by atoms with Gasteiger partial charge in [-0.1, -0.05) is 0 Å². The van der Waals surface area contributed by atoms with Crippen molar-refractivity contribution in [2.24, 2.45) is 0 Å². The minimum absolute atomic E-state index is 0.242. The second-order valence-corrected chi connectivity index (χ2v) is 7.62. The number of hydrogen-bond donors (Lipinski definition) is 3. The van der Waals surface area contributed by atoms with Crippen LogP contribution in [0.2, 0.25) is 0 Å². The van der Waals surface area contributed by atoms with Crippen LogP contribution in [0.25, 0.3) is 0 Å². The number of nitrogens with one attached hydrogen (secondary N) is 3. The molecule has 0 saturated heterocycles. The molecule has 152 valence electrons. The van der Waals surface area contributed by atoms with Crippen molar-refractivity contribution in [1.82, 2.24) is 0 Å². The average molecular weight is 397 g/mol. The van der Waals surface area contributed by atoms with Crippen molar-refractivity contribution in [1.29, 1.82) is 0 Å². The molecule has 2 aromatic carbocycles. The number of fused-ring (bicyclic) bond motifs is 1. The van der Waals surface area contributed by atoms with E-state index in [4.69, 9.17) is 9.47 Å². The predicted molar refractivity (Wildman–Crippen MR) is 109 cm³/mol. The maximum atomic E-state index is 12.5. The molecule has 2 aromatic rings. The number of anilines is 3. The molecule has 8 heteroatoms. The summed E-state index contributed by atoms with van der Waals surface area (Å²) in [5.41, 5.74) is 1.34. The van der Waals surface area contributed by atoms with E-state index in [2.05, 4.69) is 16.0 Å². The Morgan fingerprint density at radius 2 is 1.69 bits per heavy atom. The van der Waals surface area contributed by atoms with Gasteiger partial charge < -0.3 is 20.1 Å². The molecule has 3 rings (SSSR count). The summed E-state index contributed by atoms with van der Waals surface area (Å²) < 4.78 is 10.7. The molecule has 0 unspecified atom stereocenters. The third-order valence-corrected chi connectivity index (χ3v) is 3.96. The molecule has 0 fully saturated rings. The van der Waals surface area contributed by atoms with Crippen molar-refractivity contribution in [2.75, 3.05) is 16.0 Å². The molecule has 3 N–H and O–H groups in total. The van der Waals surface area contributed by atoms with Gasteiger partial charge in [0.05, 0.1) is 5.69 Å². The molecule has 0 saturated carbocycles. The molecule has 3 amide bonds. The van der Waals surface area contributed by atoms with Crippen molar-refractivity contribution in [2.45, 2.75) is 39.4 Å². The first kappa shape index (κ1) is 20.2. The molecule has 8 nitrogen and oxygen atoms in total. The molecular formula is C21H23N3O5. The topological polar surface area (TPSA) is 106 Å². The fraction of sp³-hybridized carbons (Fsp3) is 0.286. The fourth-order valence-electron chi connectivity index (χ4n) is 2.62. The summed E-state index contributed by atoms with van der Waals surface area (Å²) >= 11 is 0. The van der Waals surface area contributed by atoms with Gasteiger partial charge in [-0.15, -0.1) is 0 Å². The first-order valence-electron chi connectivity index (χ1n) is 9.14. The van der Waals surface area contributed by atoms with E-state index in [-0.39, 0.29) is 11.8 Å². The predicted octanol–water partition coefficient (Wildman–Crippen LogP) is 4.01. The first-order valence-corrected chi connectivity index (χ1v) is 9.14. The third-order valence-electron chi connectivity index (χ3n) is 3.96. The van der Waals surface area contributed by atoms with Crippen LogP contribution in [0, 0.1) is 0 Å². The van der Waals surface area contributed by atoms with Crippen LogP contribution in [0.1, 0.15) is 38.1 Å². The SMILES string of the molecule is C[C@H]1Oc2ccc(NC(=O)c3ccc(NC(=O)OC(C)(C)C)cc3)cc2NC1=O. The normalized spacial score (nSPS) is 15.4. The smallest absolute Gasteiger partial charge is 0.412 e. The Bertz CT molecular complexity index is 948. The summed E-state index contributed by atoms with van der Waals surface area (Å²) in [7, 11) is 0. The first-order chi connectivity index (χ1) is 13.6. The lowest BCUT2D eigenvalue weighted by Gasteiger charge is -2.23. The Labute approximate surface area is 168 Å². The lowest BCUT2D eigenvalue weighted by molar-refractivity contribution is -0.122. The fourth-order valence-corrected chi connectivity index (χ4v) is 2.62. The van der Waals surface area contributed by atoms with Gasteiger partial charge >= 0.3 is 6.09 Å². The summed E-state index contributed by atoms with van der Waals surface area (Å²) in [5.74, 6) is -0.0214. The van der Waals surface area contributed by atoms with Gasteiger partial charge in [0.1, 0.15) is 11.4 Å². The molecule has 1 atom stereocenters. The van der Waals surface area contributed by atoms with Crippen molar-refractivity contribution >= 4 is 35.0 Å². The summed E-state index contributed by atoms with van der Waals surface area (Å²) in [4.78, 5) is 36.0. The molecule has 1 aliphatic heterocycles. The maximum Gasteiger partial charge on any atom is 0.412 e. The highest BCUT2D eigenvalue weighted by atomic mass is 16.6. The Morgan fingerprint density at radius 1 is 1.03 bits per heavy atom.